The highest BCUT2D eigenvalue weighted by Gasteiger charge is 2.21. The van der Waals surface area contributed by atoms with Crippen molar-refractivity contribution in [3.05, 3.63) is 12.2 Å². The molecule has 0 rings (SSSR count). The molecule has 0 saturated carbocycles. The average molecular weight is 429 g/mol. The first-order chi connectivity index (χ1) is 13.1. The van der Waals surface area contributed by atoms with Crippen LogP contribution in [0.1, 0.15) is 90.9 Å². The summed E-state index contributed by atoms with van der Waals surface area (Å²) < 4.78 is 12.9. The van der Waals surface area contributed by atoms with Crippen LogP contribution in [0.4, 0.5) is 0 Å². The van der Waals surface area contributed by atoms with Gasteiger partial charge in [0.05, 0.1) is 0 Å². The molecule has 0 fully saturated rings. The van der Waals surface area contributed by atoms with Gasteiger partial charge in [0.15, 0.2) is 16.6 Å². The Morgan fingerprint density at radius 1 is 0.571 bits per heavy atom. The van der Waals surface area contributed by atoms with E-state index < -0.39 is 16.6 Å². The molecule has 0 aliphatic carbocycles. The van der Waals surface area contributed by atoms with Gasteiger partial charge in [-0.2, -0.15) is 0 Å². The van der Waals surface area contributed by atoms with Crippen molar-refractivity contribution in [1.82, 2.24) is 0 Å². The Hall–Kier alpha value is 0.0938. The van der Waals surface area contributed by atoms with Crippen molar-refractivity contribution in [2.75, 3.05) is 0 Å². The first kappa shape index (κ1) is 28.1. The monoisotopic (exact) mass is 428 g/mol. The summed E-state index contributed by atoms with van der Waals surface area (Å²) >= 11 is 0. The second-order valence-corrected chi connectivity index (χ2v) is 19.3. The van der Waals surface area contributed by atoms with Gasteiger partial charge in [0.2, 0.25) is 0 Å². The van der Waals surface area contributed by atoms with Crippen LogP contribution in [-0.2, 0) is 8.85 Å². The maximum absolute atomic E-state index is 6.46. The molecule has 2 atom stereocenters. The fourth-order valence-electron chi connectivity index (χ4n) is 3.54. The van der Waals surface area contributed by atoms with Gasteiger partial charge in [-0.15, -0.1) is 0 Å². The minimum atomic E-state index is -1.48. The topological polar surface area (TPSA) is 18.5 Å². The normalized spacial score (nSPS) is 15.3. The molecular formula is C24H52O2Si2. The molecular weight excluding hydrogens is 376 g/mol. The summed E-state index contributed by atoms with van der Waals surface area (Å²) in [5.74, 6) is 0. The van der Waals surface area contributed by atoms with Crippen LogP contribution in [0.2, 0.25) is 39.3 Å². The average Bonchev–Trinajstić information content (AvgIpc) is 2.56. The lowest BCUT2D eigenvalue weighted by Crippen LogP contribution is -2.32. The highest BCUT2D eigenvalue weighted by Crippen LogP contribution is 2.20. The van der Waals surface area contributed by atoms with Gasteiger partial charge in [0, 0.05) is 12.2 Å². The van der Waals surface area contributed by atoms with Crippen molar-refractivity contribution in [3.63, 3.8) is 0 Å². The van der Waals surface area contributed by atoms with Gasteiger partial charge in [-0.25, -0.2) is 0 Å². The largest absolute Gasteiger partial charge is 0.414 e. The van der Waals surface area contributed by atoms with Crippen LogP contribution in [0.15, 0.2) is 12.2 Å². The van der Waals surface area contributed by atoms with Gasteiger partial charge in [0.1, 0.15) is 0 Å². The molecule has 2 nitrogen and oxygen atoms in total. The Bertz CT molecular complexity index is 347. The van der Waals surface area contributed by atoms with Crippen LogP contribution in [0.5, 0.6) is 0 Å². The van der Waals surface area contributed by atoms with E-state index in [1.54, 1.807) is 0 Å². The van der Waals surface area contributed by atoms with Crippen LogP contribution in [0.3, 0.4) is 0 Å². The van der Waals surface area contributed by atoms with Crippen LogP contribution < -0.4 is 0 Å². The molecule has 168 valence electrons. The lowest BCUT2D eigenvalue weighted by atomic mass is 10.0. The fourth-order valence-corrected chi connectivity index (χ4v) is 5.97. The second-order valence-electron chi connectivity index (χ2n) is 10.3. The van der Waals surface area contributed by atoms with E-state index in [1.165, 1.54) is 64.2 Å². The van der Waals surface area contributed by atoms with E-state index in [4.69, 9.17) is 8.85 Å². The molecule has 0 heterocycles. The summed E-state index contributed by atoms with van der Waals surface area (Å²) in [7, 11) is -2.96. The van der Waals surface area contributed by atoms with E-state index in [0.717, 1.165) is 12.8 Å². The molecule has 0 aromatic heterocycles. The third kappa shape index (κ3) is 19.4. The maximum Gasteiger partial charge on any atom is 0.184 e. The summed E-state index contributed by atoms with van der Waals surface area (Å²) in [4.78, 5) is 0. The molecule has 0 aromatic rings. The Morgan fingerprint density at radius 3 is 1.21 bits per heavy atom. The minimum absolute atomic E-state index is 0.403. The Labute approximate surface area is 180 Å². The van der Waals surface area contributed by atoms with Gasteiger partial charge in [-0.1, -0.05) is 77.4 Å². The zero-order valence-corrected chi connectivity index (χ0v) is 22.6. The highest BCUT2D eigenvalue weighted by atomic mass is 28.4. The van der Waals surface area contributed by atoms with Crippen molar-refractivity contribution in [1.29, 1.82) is 0 Å². The van der Waals surface area contributed by atoms with E-state index in [9.17, 15) is 0 Å². The first-order valence-corrected chi connectivity index (χ1v) is 18.9. The maximum atomic E-state index is 6.46. The zero-order chi connectivity index (χ0) is 21.5. The molecule has 4 heteroatoms. The molecule has 0 aliphatic rings. The van der Waals surface area contributed by atoms with Crippen molar-refractivity contribution in [2.45, 2.75) is 142 Å². The van der Waals surface area contributed by atoms with E-state index in [-0.39, 0.29) is 0 Å². The van der Waals surface area contributed by atoms with Crippen LogP contribution >= 0.6 is 0 Å². The van der Waals surface area contributed by atoms with Gasteiger partial charge in [-0.05, 0) is 65.0 Å². The minimum Gasteiger partial charge on any atom is -0.414 e. The third-order valence-corrected chi connectivity index (χ3v) is 6.85. The van der Waals surface area contributed by atoms with Crippen molar-refractivity contribution in [3.8, 4) is 0 Å². The SMILES string of the molecule is CCCCCCC(CC=CCC(CCCCCC)O[Si](C)(C)C)O[Si](C)(C)C. The number of unbranched alkanes of at least 4 members (excludes halogenated alkanes) is 6. The highest BCUT2D eigenvalue weighted by molar-refractivity contribution is 6.70. The van der Waals surface area contributed by atoms with E-state index in [2.05, 4.69) is 65.3 Å². The fraction of sp³-hybridized carbons (Fsp3) is 0.917. The lowest BCUT2D eigenvalue weighted by molar-refractivity contribution is 0.178. The summed E-state index contributed by atoms with van der Waals surface area (Å²) in [6, 6.07) is 0. The van der Waals surface area contributed by atoms with Gasteiger partial charge in [0.25, 0.3) is 0 Å². The van der Waals surface area contributed by atoms with E-state index in [1.807, 2.05) is 0 Å². The van der Waals surface area contributed by atoms with Crippen LogP contribution in [0, 0.1) is 0 Å². The number of hydrogen-bond donors (Lipinski definition) is 0. The van der Waals surface area contributed by atoms with E-state index in [0.29, 0.717) is 12.2 Å². The molecule has 2 unspecified atom stereocenters. The zero-order valence-electron chi connectivity index (χ0n) is 20.6. The van der Waals surface area contributed by atoms with Crippen LogP contribution in [0.25, 0.3) is 0 Å². The predicted molar refractivity (Wildman–Crippen MR) is 132 cm³/mol. The summed E-state index contributed by atoms with van der Waals surface area (Å²) in [5.41, 5.74) is 0. The Balaban J connectivity index is 4.53. The Kier molecular flexibility index (Phi) is 15.9. The molecule has 28 heavy (non-hydrogen) atoms. The molecule has 0 spiro atoms. The third-order valence-electron chi connectivity index (χ3n) is 4.76. The number of rotatable bonds is 18. The number of hydrogen-bond acceptors (Lipinski definition) is 2. The molecule has 0 N–H and O–H groups in total. The quantitative estimate of drug-likeness (QED) is 0.123. The smallest absolute Gasteiger partial charge is 0.184 e. The molecule has 0 aromatic carbocycles. The molecule has 0 saturated heterocycles. The molecule has 0 bridgehead atoms. The van der Waals surface area contributed by atoms with Gasteiger partial charge in [-0.3, -0.25) is 0 Å². The summed E-state index contributed by atoms with van der Waals surface area (Å²) in [6.07, 6.45) is 20.7. The molecule has 0 amide bonds. The predicted octanol–water partition coefficient (Wildman–Crippen LogP) is 8.70. The molecule has 0 radical (unpaired) electrons. The first-order valence-electron chi connectivity index (χ1n) is 12.1. The second kappa shape index (κ2) is 15.9. The van der Waals surface area contributed by atoms with Gasteiger partial charge < -0.3 is 8.85 Å². The summed E-state index contributed by atoms with van der Waals surface area (Å²) in [6.45, 7) is 18.4. The van der Waals surface area contributed by atoms with Crippen LogP contribution in [-0.4, -0.2) is 28.8 Å². The standard InChI is InChI=1S/C24H52O2Si2/c1-9-11-13-15-19-23(25-27(3,4)5)21-17-18-22-24(26-28(6,7)8)20-16-14-12-10-2/h17-18,23-24H,9-16,19-22H2,1-8H3. The molecule has 0 aliphatic heterocycles. The van der Waals surface area contributed by atoms with E-state index >= 15 is 0 Å². The lowest BCUT2D eigenvalue weighted by Gasteiger charge is -2.27. The summed E-state index contributed by atoms with van der Waals surface area (Å²) in [5, 5.41) is 0. The Morgan fingerprint density at radius 2 is 0.929 bits per heavy atom. The van der Waals surface area contributed by atoms with Gasteiger partial charge >= 0.3 is 0 Å². The van der Waals surface area contributed by atoms with Crippen molar-refractivity contribution < 1.29 is 8.85 Å². The van der Waals surface area contributed by atoms with Crippen molar-refractivity contribution >= 4 is 16.6 Å². The van der Waals surface area contributed by atoms with Crippen molar-refractivity contribution in [2.24, 2.45) is 0 Å².